The molecule has 28 heavy (non-hydrogen) atoms. The summed E-state index contributed by atoms with van der Waals surface area (Å²) in [6, 6.07) is 6.49. The SMILES string of the molecule is O=C(CSc1nnc(-c2ccoc2)c(-c2ccoc2)n1)c1ccc(F)c(F)c1. The summed E-state index contributed by atoms with van der Waals surface area (Å²) >= 11 is 1.05. The number of Topliss-reactive ketones (excluding diaryl/α,β-unsaturated/α-hetero) is 1. The lowest BCUT2D eigenvalue weighted by Crippen LogP contribution is -2.05. The first-order valence-electron chi connectivity index (χ1n) is 8.03. The second-order valence-corrected chi connectivity index (χ2v) is 6.60. The van der Waals surface area contributed by atoms with Crippen LogP contribution >= 0.6 is 11.8 Å². The third-order valence-corrected chi connectivity index (χ3v) is 4.67. The number of hydrogen-bond donors (Lipinski definition) is 0. The molecule has 0 aliphatic rings. The van der Waals surface area contributed by atoms with Crippen molar-refractivity contribution in [2.24, 2.45) is 0 Å². The first kappa shape index (κ1) is 18.1. The molecular formula is C19H11F2N3O3S. The number of rotatable bonds is 6. The molecule has 0 aliphatic heterocycles. The van der Waals surface area contributed by atoms with Crippen LogP contribution in [0.4, 0.5) is 8.78 Å². The lowest BCUT2D eigenvalue weighted by atomic mass is 10.1. The molecule has 6 nitrogen and oxygen atoms in total. The summed E-state index contributed by atoms with van der Waals surface area (Å²) in [5.41, 5.74) is 2.49. The van der Waals surface area contributed by atoms with E-state index in [0.717, 1.165) is 23.9 Å². The zero-order valence-electron chi connectivity index (χ0n) is 14.1. The monoisotopic (exact) mass is 399 g/mol. The average Bonchev–Trinajstić information content (AvgIpc) is 3.42. The number of carbonyl (C=O) groups excluding carboxylic acids is 1. The fourth-order valence-electron chi connectivity index (χ4n) is 2.45. The first-order valence-corrected chi connectivity index (χ1v) is 9.01. The Labute approximate surface area is 161 Å². The van der Waals surface area contributed by atoms with Gasteiger partial charge in [-0.05, 0) is 30.3 Å². The molecule has 1 aromatic carbocycles. The van der Waals surface area contributed by atoms with Gasteiger partial charge in [0.05, 0.1) is 30.8 Å². The van der Waals surface area contributed by atoms with Crippen LogP contribution in [0, 0.1) is 11.6 Å². The number of halogens is 2. The van der Waals surface area contributed by atoms with Crippen molar-refractivity contribution >= 4 is 17.5 Å². The fourth-order valence-corrected chi connectivity index (χ4v) is 3.13. The lowest BCUT2D eigenvalue weighted by Gasteiger charge is -2.06. The number of carbonyl (C=O) groups is 1. The van der Waals surface area contributed by atoms with Crippen LogP contribution in [0.2, 0.25) is 0 Å². The summed E-state index contributed by atoms with van der Waals surface area (Å²) < 4.78 is 36.5. The molecule has 3 aromatic heterocycles. The Hall–Kier alpha value is -3.33. The third-order valence-electron chi connectivity index (χ3n) is 3.83. The van der Waals surface area contributed by atoms with E-state index in [0.29, 0.717) is 22.5 Å². The minimum atomic E-state index is -1.07. The number of nitrogens with zero attached hydrogens (tertiary/aromatic N) is 3. The summed E-state index contributed by atoms with van der Waals surface area (Å²) in [5.74, 6) is -2.50. The fraction of sp³-hybridized carbons (Fsp3) is 0.0526. The summed E-state index contributed by atoms with van der Waals surface area (Å²) in [6.45, 7) is 0. The molecule has 0 atom stereocenters. The highest BCUT2D eigenvalue weighted by molar-refractivity contribution is 7.99. The number of aromatic nitrogens is 3. The normalized spacial score (nSPS) is 10.9. The van der Waals surface area contributed by atoms with Crippen molar-refractivity contribution in [1.82, 2.24) is 15.2 Å². The second kappa shape index (κ2) is 7.73. The van der Waals surface area contributed by atoms with Gasteiger partial charge in [0.2, 0.25) is 5.16 Å². The zero-order chi connectivity index (χ0) is 19.5. The Balaban J connectivity index is 1.58. The predicted octanol–water partition coefficient (Wildman–Crippen LogP) is 4.64. The van der Waals surface area contributed by atoms with Crippen LogP contribution in [0.15, 0.2) is 69.4 Å². The van der Waals surface area contributed by atoms with Crippen molar-refractivity contribution in [2.45, 2.75) is 5.16 Å². The van der Waals surface area contributed by atoms with Gasteiger partial charge in [-0.2, -0.15) is 0 Å². The van der Waals surface area contributed by atoms with Crippen molar-refractivity contribution in [2.75, 3.05) is 5.75 Å². The number of furan rings is 2. The van der Waals surface area contributed by atoms with E-state index < -0.39 is 11.6 Å². The molecule has 0 fully saturated rings. The molecule has 0 aliphatic carbocycles. The van der Waals surface area contributed by atoms with E-state index in [-0.39, 0.29) is 22.3 Å². The highest BCUT2D eigenvalue weighted by Crippen LogP contribution is 2.30. The van der Waals surface area contributed by atoms with Gasteiger partial charge in [0.25, 0.3) is 0 Å². The Morgan fingerprint density at radius 2 is 1.64 bits per heavy atom. The van der Waals surface area contributed by atoms with Gasteiger partial charge < -0.3 is 8.83 Å². The molecule has 0 bridgehead atoms. The maximum atomic E-state index is 13.3. The number of hydrogen-bond acceptors (Lipinski definition) is 7. The Kier molecular flexibility index (Phi) is 4.98. The van der Waals surface area contributed by atoms with Crippen LogP contribution in [0.5, 0.6) is 0 Å². The number of thioether (sulfide) groups is 1. The van der Waals surface area contributed by atoms with Crippen LogP contribution in [0.3, 0.4) is 0 Å². The van der Waals surface area contributed by atoms with E-state index in [1.807, 2.05) is 0 Å². The van der Waals surface area contributed by atoms with E-state index in [1.54, 1.807) is 12.1 Å². The summed E-state index contributed by atoms with van der Waals surface area (Å²) in [5, 5.41) is 8.51. The van der Waals surface area contributed by atoms with Crippen molar-refractivity contribution in [1.29, 1.82) is 0 Å². The minimum absolute atomic E-state index is 0.0529. The molecule has 3 heterocycles. The van der Waals surface area contributed by atoms with Gasteiger partial charge in [-0.15, -0.1) is 10.2 Å². The molecule has 0 spiro atoms. The van der Waals surface area contributed by atoms with Crippen LogP contribution in [-0.4, -0.2) is 26.7 Å². The third kappa shape index (κ3) is 3.70. The maximum Gasteiger partial charge on any atom is 0.210 e. The Bertz CT molecular complexity index is 1120. The van der Waals surface area contributed by atoms with Gasteiger partial charge in [-0.25, -0.2) is 13.8 Å². The topological polar surface area (TPSA) is 82.0 Å². The van der Waals surface area contributed by atoms with E-state index in [1.165, 1.54) is 31.1 Å². The molecule has 0 radical (unpaired) electrons. The van der Waals surface area contributed by atoms with Gasteiger partial charge in [0.1, 0.15) is 11.4 Å². The molecule has 0 saturated heterocycles. The number of benzene rings is 1. The molecule has 0 saturated carbocycles. The summed E-state index contributed by atoms with van der Waals surface area (Å²) in [7, 11) is 0. The Morgan fingerprint density at radius 3 is 2.29 bits per heavy atom. The van der Waals surface area contributed by atoms with E-state index in [4.69, 9.17) is 8.83 Å². The van der Waals surface area contributed by atoms with Crippen molar-refractivity contribution in [3.8, 4) is 22.5 Å². The van der Waals surface area contributed by atoms with Gasteiger partial charge >= 0.3 is 0 Å². The van der Waals surface area contributed by atoms with Crippen molar-refractivity contribution < 1.29 is 22.4 Å². The van der Waals surface area contributed by atoms with Gasteiger partial charge in [-0.3, -0.25) is 4.79 Å². The van der Waals surface area contributed by atoms with Gasteiger partial charge in [0.15, 0.2) is 17.4 Å². The molecular weight excluding hydrogens is 388 g/mol. The van der Waals surface area contributed by atoms with E-state index in [2.05, 4.69) is 15.2 Å². The van der Waals surface area contributed by atoms with Gasteiger partial charge in [-0.1, -0.05) is 11.8 Å². The summed E-state index contributed by atoms with van der Waals surface area (Å²) in [4.78, 5) is 16.7. The van der Waals surface area contributed by atoms with Crippen LogP contribution in [0.1, 0.15) is 10.4 Å². The first-order chi connectivity index (χ1) is 13.6. The predicted molar refractivity (Wildman–Crippen MR) is 96.6 cm³/mol. The van der Waals surface area contributed by atoms with Crippen LogP contribution in [-0.2, 0) is 0 Å². The standard InChI is InChI=1S/C19H11F2N3O3S/c20-14-2-1-11(7-15(14)21)16(25)10-28-19-22-17(12-3-5-26-8-12)18(23-24-19)13-4-6-27-9-13/h1-9H,10H2. The molecule has 4 rings (SSSR count). The number of ketones is 1. The maximum absolute atomic E-state index is 13.3. The van der Waals surface area contributed by atoms with Crippen LogP contribution in [0.25, 0.3) is 22.5 Å². The van der Waals surface area contributed by atoms with Gasteiger partial charge in [0, 0.05) is 16.7 Å². The molecule has 4 aromatic rings. The minimum Gasteiger partial charge on any atom is -0.472 e. The second-order valence-electron chi connectivity index (χ2n) is 5.66. The lowest BCUT2D eigenvalue weighted by molar-refractivity contribution is 0.102. The van der Waals surface area contributed by atoms with Crippen LogP contribution < -0.4 is 0 Å². The molecule has 0 amide bonds. The Morgan fingerprint density at radius 1 is 0.929 bits per heavy atom. The van der Waals surface area contributed by atoms with Crippen molar-refractivity contribution in [3.63, 3.8) is 0 Å². The summed E-state index contributed by atoms with van der Waals surface area (Å²) in [6.07, 6.45) is 6.07. The quantitative estimate of drug-likeness (QED) is 0.345. The van der Waals surface area contributed by atoms with E-state index in [9.17, 15) is 13.6 Å². The average molecular weight is 399 g/mol. The molecule has 0 N–H and O–H groups in total. The highest BCUT2D eigenvalue weighted by atomic mass is 32.2. The zero-order valence-corrected chi connectivity index (χ0v) is 15.0. The molecule has 140 valence electrons. The smallest absolute Gasteiger partial charge is 0.210 e. The largest absolute Gasteiger partial charge is 0.472 e. The van der Waals surface area contributed by atoms with Crippen molar-refractivity contribution in [3.05, 3.63) is 72.6 Å². The molecule has 9 heteroatoms. The molecule has 0 unspecified atom stereocenters. The highest BCUT2D eigenvalue weighted by Gasteiger charge is 2.17. The van der Waals surface area contributed by atoms with E-state index >= 15 is 0 Å².